The number of nitrogens with zero attached hydrogens (tertiary/aromatic N) is 1. The third kappa shape index (κ3) is 2.64. The Morgan fingerprint density at radius 1 is 1.00 bits per heavy atom. The van der Waals surface area contributed by atoms with Gasteiger partial charge in [0.2, 0.25) is 0 Å². The van der Waals surface area contributed by atoms with Gasteiger partial charge in [-0.3, -0.25) is 29.8 Å². The van der Waals surface area contributed by atoms with E-state index in [2.05, 4.69) is 10.6 Å². The largest absolute Gasteiger partial charge is 0.322 e. The summed E-state index contributed by atoms with van der Waals surface area (Å²) in [6.07, 6.45) is 0. The highest BCUT2D eigenvalue weighted by Gasteiger charge is 2.26. The maximum absolute atomic E-state index is 12.1. The first-order valence-corrected chi connectivity index (χ1v) is 6.51. The average molecular weight is 311 g/mol. The number of nitro benzene ring substituents is 1. The summed E-state index contributed by atoms with van der Waals surface area (Å²) in [7, 11) is 0. The average Bonchev–Trinajstić information content (AvgIpc) is 2.81. The normalized spacial score (nSPS) is 12.5. The molecular formula is C15H9N3O5. The summed E-state index contributed by atoms with van der Waals surface area (Å²) < 4.78 is 0. The Morgan fingerprint density at radius 3 is 2.30 bits per heavy atom. The molecule has 3 amide bonds. The zero-order valence-corrected chi connectivity index (χ0v) is 11.5. The van der Waals surface area contributed by atoms with Gasteiger partial charge in [0, 0.05) is 23.4 Å². The van der Waals surface area contributed by atoms with Crippen molar-refractivity contribution in [3.8, 4) is 0 Å². The molecule has 0 saturated heterocycles. The second-order valence-electron chi connectivity index (χ2n) is 4.80. The summed E-state index contributed by atoms with van der Waals surface area (Å²) in [5.74, 6) is -1.47. The molecule has 2 aromatic carbocycles. The molecule has 0 spiro atoms. The van der Waals surface area contributed by atoms with E-state index in [1.54, 1.807) is 0 Å². The topological polar surface area (TPSA) is 118 Å². The first-order chi connectivity index (χ1) is 11.0. The lowest BCUT2D eigenvalue weighted by Gasteiger charge is -2.06. The van der Waals surface area contributed by atoms with Gasteiger partial charge in [-0.2, -0.15) is 0 Å². The number of benzene rings is 2. The molecule has 2 aromatic rings. The Kier molecular flexibility index (Phi) is 3.34. The van der Waals surface area contributed by atoms with E-state index in [-0.39, 0.29) is 22.4 Å². The highest BCUT2D eigenvalue weighted by atomic mass is 16.6. The monoisotopic (exact) mass is 311 g/mol. The second-order valence-corrected chi connectivity index (χ2v) is 4.80. The van der Waals surface area contributed by atoms with Crippen LogP contribution in [0.2, 0.25) is 0 Å². The lowest BCUT2D eigenvalue weighted by molar-refractivity contribution is -0.384. The van der Waals surface area contributed by atoms with E-state index >= 15 is 0 Å². The third-order valence-electron chi connectivity index (χ3n) is 3.33. The highest BCUT2D eigenvalue weighted by molar-refractivity contribution is 6.22. The minimum absolute atomic E-state index is 0.116. The predicted molar refractivity (Wildman–Crippen MR) is 79.3 cm³/mol. The maximum Gasteiger partial charge on any atom is 0.269 e. The summed E-state index contributed by atoms with van der Waals surface area (Å²) in [6, 6.07) is 9.46. The molecule has 0 atom stereocenters. The zero-order chi connectivity index (χ0) is 16.6. The molecule has 2 N–H and O–H groups in total. The second kappa shape index (κ2) is 5.34. The molecule has 0 aliphatic carbocycles. The van der Waals surface area contributed by atoms with Crippen LogP contribution >= 0.6 is 0 Å². The molecule has 0 unspecified atom stereocenters. The van der Waals surface area contributed by atoms with Gasteiger partial charge in [-0.15, -0.1) is 0 Å². The molecular weight excluding hydrogens is 302 g/mol. The zero-order valence-electron chi connectivity index (χ0n) is 11.5. The molecule has 23 heavy (non-hydrogen) atoms. The van der Waals surface area contributed by atoms with Gasteiger partial charge < -0.3 is 5.32 Å². The van der Waals surface area contributed by atoms with Crippen molar-refractivity contribution in [2.45, 2.75) is 0 Å². The number of imide groups is 1. The number of amides is 3. The van der Waals surface area contributed by atoms with Crippen molar-refractivity contribution in [3.05, 3.63) is 69.3 Å². The Labute approximate surface area is 129 Å². The Balaban J connectivity index is 1.81. The number of hydrogen-bond donors (Lipinski definition) is 2. The molecule has 8 nitrogen and oxygen atoms in total. The van der Waals surface area contributed by atoms with Crippen LogP contribution in [0.25, 0.3) is 0 Å². The third-order valence-corrected chi connectivity index (χ3v) is 3.33. The summed E-state index contributed by atoms with van der Waals surface area (Å²) in [5.41, 5.74) is 0.905. The van der Waals surface area contributed by atoms with Crippen molar-refractivity contribution in [1.82, 2.24) is 5.32 Å². The van der Waals surface area contributed by atoms with Crippen molar-refractivity contribution in [2.75, 3.05) is 5.32 Å². The van der Waals surface area contributed by atoms with Crippen molar-refractivity contribution in [1.29, 1.82) is 0 Å². The van der Waals surface area contributed by atoms with Crippen molar-refractivity contribution in [3.63, 3.8) is 0 Å². The number of fused-ring (bicyclic) bond motifs is 1. The van der Waals surface area contributed by atoms with Crippen LogP contribution in [-0.4, -0.2) is 22.6 Å². The van der Waals surface area contributed by atoms with Gasteiger partial charge in [-0.05, 0) is 30.3 Å². The van der Waals surface area contributed by atoms with Crippen molar-refractivity contribution >= 4 is 29.1 Å². The van der Waals surface area contributed by atoms with Crippen LogP contribution in [0.3, 0.4) is 0 Å². The van der Waals surface area contributed by atoms with E-state index in [4.69, 9.17) is 0 Å². The Morgan fingerprint density at radius 2 is 1.65 bits per heavy atom. The van der Waals surface area contributed by atoms with Crippen LogP contribution in [0.1, 0.15) is 31.1 Å². The summed E-state index contributed by atoms with van der Waals surface area (Å²) in [5, 5.41) is 15.3. The number of rotatable bonds is 3. The van der Waals surface area contributed by atoms with Crippen molar-refractivity contribution in [2.24, 2.45) is 0 Å². The van der Waals surface area contributed by atoms with E-state index < -0.39 is 22.6 Å². The van der Waals surface area contributed by atoms with Gasteiger partial charge in [0.25, 0.3) is 23.4 Å². The molecule has 0 radical (unpaired) electrons. The smallest absolute Gasteiger partial charge is 0.269 e. The van der Waals surface area contributed by atoms with E-state index in [0.29, 0.717) is 5.69 Å². The van der Waals surface area contributed by atoms with Crippen LogP contribution in [0, 0.1) is 10.1 Å². The number of non-ortho nitro benzene ring substituents is 1. The number of hydrogen-bond acceptors (Lipinski definition) is 5. The number of nitro groups is 1. The van der Waals surface area contributed by atoms with Gasteiger partial charge in [0.05, 0.1) is 16.1 Å². The number of anilines is 1. The fraction of sp³-hybridized carbons (Fsp3) is 0. The lowest BCUT2D eigenvalue weighted by atomic mass is 10.1. The Bertz CT molecular complexity index is 858. The van der Waals surface area contributed by atoms with E-state index in [1.807, 2.05) is 0 Å². The molecule has 0 fully saturated rings. The van der Waals surface area contributed by atoms with Gasteiger partial charge in [-0.25, -0.2) is 0 Å². The van der Waals surface area contributed by atoms with E-state index in [0.717, 1.165) is 0 Å². The maximum atomic E-state index is 12.1. The summed E-state index contributed by atoms with van der Waals surface area (Å²) in [4.78, 5) is 45.1. The summed E-state index contributed by atoms with van der Waals surface area (Å²) in [6.45, 7) is 0. The standard InChI is InChI=1S/C15H9N3O5/c19-13(8-1-4-10(5-2-8)18(22)23)16-9-3-6-11-12(7-9)15(21)17-14(11)20/h1-7H,(H,16,19)(H,17,20,21). The first-order valence-electron chi connectivity index (χ1n) is 6.51. The van der Waals surface area contributed by atoms with Crippen LogP contribution in [0.15, 0.2) is 42.5 Å². The fourth-order valence-electron chi connectivity index (χ4n) is 2.18. The molecule has 0 bridgehead atoms. The molecule has 0 aromatic heterocycles. The summed E-state index contributed by atoms with van der Waals surface area (Å²) >= 11 is 0. The highest BCUT2D eigenvalue weighted by Crippen LogP contribution is 2.21. The van der Waals surface area contributed by atoms with Gasteiger partial charge >= 0.3 is 0 Å². The van der Waals surface area contributed by atoms with E-state index in [1.165, 1.54) is 42.5 Å². The van der Waals surface area contributed by atoms with Gasteiger partial charge in [-0.1, -0.05) is 0 Å². The van der Waals surface area contributed by atoms with Gasteiger partial charge in [0.15, 0.2) is 0 Å². The van der Waals surface area contributed by atoms with Crippen molar-refractivity contribution < 1.29 is 19.3 Å². The van der Waals surface area contributed by atoms with Crippen LogP contribution in [0.5, 0.6) is 0 Å². The molecule has 114 valence electrons. The molecule has 1 aliphatic heterocycles. The molecule has 0 saturated carbocycles. The lowest BCUT2D eigenvalue weighted by Crippen LogP contribution is -2.19. The molecule has 1 heterocycles. The van der Waals surface area contributed by atoms with Gasteiger partial charge in [0.1, 0.15) is 0 Å². The van der Waals surface area contributed by atoms with Crippen LogP contribution in [-0.2, 0) is 0 Å². The number of carbonyl (C=O) groups is 3. The first kappa shape index (κ1) is 14.4. The van der Waals surface area contributed by atoms with E-state index in [9.17, 15) is 24.5 Å². The Hall–Kier alpha value is -3.55. The number of carbonyl (C=O) groups excluding carboxylic acids is 3. The minimum Gasteiger partial charge on any atom is -0.322 e. The molecule has 8 heteroatoms. The number of nitrogens with one attached hydrogen (secondary N) is 2. The predicted octanol–water partition coefficient (Wildman–Crippen LogP) is 1.73. The SMILES string of the molecule is O=C(Nc1ccc2c(c1)C(=O)NC2=O)c1ccc([N+](=O)[O-])cc1. The quantitative estimate of drug-likeness (QED) is 0.508. The fourth-order valence-corrected chi connectivity index (χ4v) is 2.18. The molecule has 1 aliphatic rings. The minimum atomic E-state index is -0.558. The molecule has 3 rings (SSSR count). The van der Waals surface area contributed by atoms with Crippen LogP contribution < -0.4 is 10.6 Å². The van der Waals surface area contributed by atoms with Crippen LogP contribution in [0.4, 0.5) is 11.4 Å².